The first kappa shape index (κ1) is 17.7. The molecule has 0 unspecified atom stereocenters. The quantitative estimate of drug-likeness (QED) is 0.466. The van der Waals surface area contributed by atoms with Gasteiger partial charge in [-0.25, -0.2) is 4.79 Å². The predicted molar refractivity (Wildman–Crippen MR) is 104 cm³/mol. The molecule has 4 rings (SSSR count). The van der Waals surface area contributed by atoms with Crippen molar-refractivity contribution in [3.8, 4) is 17.2 Å². The zero-order chi connectivity index (χ0) is 19.5. The van der Waals surface area contributed by atoms with E-state index < -0.39 is 12.1 Å². The van der Waals surface area contributed by atoms with Crippen LogP contribution in [0.1, 0.15) is 29.3 Å². The van der Waals surface area contributed by atoms with E-state index in [0.717, 1.165) is 22.1 Å². The number of methoxy groups -OCH3 is 1. The number of fused-ring (bicyclic) bond motifs is 1. The van der Waals surface area contributed by atoms with E-state index in [4.69, 9.17) is 13.9 Å². The molecular formula is C22H18N2O4. The third-order valence-electron chi connectivity index (χ3n) is 4.42. The number of hydrogen-bond donors (Lipinski definition) is 0. The second-order valence-electron chi connectivity index (χ2n) is 6.25. The van der Waals surface area contributed by atoms with Crippen LogP contribution in [-0.2, 0) is 4.74 Å². The summed E-state index contributed by atoms with van der Waals surface area (Å²) in [4.78, 5) is 12.7. The number of carbonyl (C=O) groups excluding carboxylic acids is 1. The number of nitrogens with zero attached hydrogens (tertiary/aromatic N) is 2. The van der Waals surface area contributed by atoms with E-state index in [1.165, 1.54) is 0 Å². The van der Waals surface area contributed by atoms with Crippen LogP contribution in [0.4, 0.5) is 0 Å². The van der Waals surface area contributed by atoms with Gasteiger partial charge in [0.15, 0.2) is 6.10 Å². The van der Waals surface area contributed by atoms with E-state index in [2.05, 4.69) is 10.2 Å². The Morgan fingerprint density at radius 1 is 0.964 bits per heavy atom. The van der Waals surface area contributed by atoms with Crippen LogP contribution in [0.5, 0.6) is 5.75 Å². The van der Waals surface area contributed by atoms with Gasteiger partial charge in [0, 0.05) is 5.56 Å². The maximum atomic E-state index is 12.7. The van der Waals surface area contributed by atoms with E-state index in [-0.39, 0.29) is 5.89 Å². The van der Waals surface area contributed by atoms with E-state index in [1.807, 2.05) is 60.7 Å². The minimum absolute atomic E-state index is 0.236. The van der Waals surface area contributed by atoms with Crippen molar-refractivity contribution >= 4 is 16.7 Å². The molecule has 1 aromatic heterocycles. The van der Waals surface area contributed by atoms with Crippen LogP contribution >= 0.6 is 0 Å². The Balaban J connectivity index is 1.52. The van der Waals surface area contributed by atoms with Crippen molar-refractivity contribution in [3.05, 3.63) is 78.2 Å². The van der Waals surface area contributed by atoms with Gasteiger partial charge < -0.3 is 13.9 Å². The van der Waals surface area contributed by atoms with Gasteiger partial charge >= 0.3 is 5.97 Å². The van der Waals surface area contributed by atoms with E-state index in [0.29, 0.717) is 11.5 Å². The normalized spacial score (nSPS) is 11.9. The molecule has 0 aliphatic carbocycles. The molecule has 0 saturated carbocycles. The summed E-state index contributed by atoms with van der Waals surface area (Å²) in [5.41, 5.74) is 1.26. The minimum Gasteiger partial charge on any atom is -0.497 e. The first-order valence-electron chi connectivity index (χ1n) is 8.82. The minimum atomic E-state index is -0.675. The molecule has 3 aromatic carbocycles. The van der Waals surface area contributed by atoms with Crippen molar-refractivity contribution in [2.24, 2.45) is 0 Å². The highest BCUT2D eigenvalue weighted by atomic mass is 16.6. The lowest BCUT2D eigenvalue weighted by Gasteiger charge is -2.11. The number of ether oxygens (including phenoxy) is 2. The van der Waals surface area contributed by atoms with Crippen LogP contribution in [0.25, 0.3) is 22.2 Å². The summed E-state index contributed by atoms with van der Waals surface area (Å²) >= 11 is 0. The maximum Gasteiger partial charge on any atom is 0.339 e. The first-order valence-corrected chi connectivity index (χ1v) is 8.82. The van der Waals surface area contributed by atoms with Gasteiger partial charge in [0.2, 0.25) is 5.89 Å². The molecule has 6 nitrogen and oxygen atoms in total. The fourth-order valence-corrected chi connectivity index (χ4v) is 2.93. The Bertz CT molecular complexity index is 1110. The standard InChI is InChI=1S/C22H18N2O4/c1-14(20-23-24-21(28-20)16-10-12-17(26-2)13-11-16)27-22(25)19-9-5-7-15-6-3-4-8-18(15)19/h3-14H,1-2H3/t14-/m1/s1. The van der Waals surface area contributed by atoms with Crippen molar-refractivity contribution < 1.29 is 18.7 Å². The summed E-state index contributed by atoms with van der Waals surface area (Å²) in [6, 6.07) is 20.5. The molecule has 6 heteroatoms. The van der Waals surface area contributed by atoms with Crippen LogP contribution in [-0.4, -0.2) is 23.3 Å². The van der Waals surface area contributed by atoms with Crippen molar-refractivity contribution in [2.45, 2.75) is 13.0 Å². The number of carbonyl (C=O) groups is 1. The van der Waals surface area contributed by atoms with E-state index in [9.17, 15) is 4.79 Å². The highest BCUT2D eigenvalue weighted by Crippen LogP contribution is 2.26. The smallest absolute Gasteiger partial charge is 0.339 e. The van der Waals surface area contributed by atoms with Gasteiger partial charge in [0.25, 0.3) is 5.89 Å². The Labute approximate surface area is 161 Å². The SMILES string of the molecule is COc1ccc(-c2nnc([C@@H](C)OC(=O)c3cccc4ccccc34)o2)cc1. The van der Waals surface area contributed by atoms with Crippen LogP contribution in [0.3, 0.4) is 0 Å². The first-order chi connectivity index (χ1) is 13.7. The lowest BCUT2D eigenvalue weighted by molar-refractivity contribution is 0.0282. The molecule has 140 valence electrons. The third kappa shape index (κ3) is 3.44. The fraction of sp³-hybridized carbons (Fsp3) is 0.136. The zero-order valence-corrected chi connectivity index (χ0v) is 15.5. The number of aromatic nitrogens is 2. The van der Waals surface area contributed by atoms with Crippen LogP contribution in [0.2, 0.25) is 0 Å². The highest BCUT2D eigenvalue weighted by Gasteiger charge is 2.21. The molecule has 1 atom stereocenters. The molecule has 0 N–H and O–H groups in total. The summed E-state index contributed by atoms with van der Waals surface area (Å²) in [6.07, 6.45) is -0.675. The predicted octanol–water partition coefficient (Wildman–Crippen LogP) is 4.82. The molecule has 0 spiro atoms. The second-order valence-corrected chi connectivity index (χ2v) is 6.25. The van der Waals surface area contributed by atoms with E-state index in [1.54, 1.807) is 20.1 Å². The molecule has 0 fully saturated rings. The van der Waals surface area contributed by atoms with Gasteiger partial charge in [0.1, 0.15) is 5.75 Å². The Kier molecular flexibility index (Phi) is 4.76. The molecular weight excluding hydrogens is 356 g/mol. The molecule has 0 aliphatic rings. The molecule has 0 radical (unpaired) electrons. The lowest BCUT2D eigenvalue weighted by atomic mass is 10.0. The van der Waals surface area contributed by atoms with Gasteiger partial charge in [-0.15, -0.1) is 10.2 Å². The Morgan fingerprint density at radius 3 is 2.50 bits per heavy atom. The summed E-state index contributed by atoms with van der Waals surface area (Å²) in [7, 11) is 1.60. The zero-order valence-electron chi connectivity index (χ0n) is 15.5. The van der Waals surface area contributed by atoms with Gasteiger partial charge in [-0.05, 0) is 48.0 Å². The average Bonchev–Trinajstić information content (AvgIpc) is 3.24. The van der Waals surface area contributed by atoms with Gasteiger partial charge in [0.05, 0.1) is 12.7 Å². The summed E-state index contributed by atoms with van der Waals surface area (Å²) in [5.74, 6) is 0.888. The topological polar surface area (TPSA) is 74.5 Å². The third-order valence-corrected chi connectivity index (χ3v) is 4.42. The molecule has 1 heterocycles. The summed E-state index contributed by atoms with van der Waals surface area (Å²) in [6.45, 7) is 1.70. The lowest BCUT2D eigenvalue weighted by Crippen LogP contribution is -2.10. The number of benzene rings is 3. The monoisotopic (exact) mass is 374 g/mol. The van der Waals surface area contributed by atoms with E-state index >= 15 is 0 Å². The molecule has 0 aliphatic heterocycles. The summed E-state index contributed by atoms with van der Waals surface area (Å²) < 4.78 is 16.4. The van der Waals surface area contributed by atoms with Crippen LogP contribution in [0.15, 0.2) is 71.1 Å². The van der Waals surface area contributed by atoms with Crippen molar-refractivity contribution in [1.82, 2.24) is 10.2 Å². The average molecular weight is 374 g/mol. The second kappa shape index (κ2) is 7.52. The Morgan fingerprint density at radius 2 is 1.71 bits per heavy atom. The van der Waals surface area contributed by atoms with Crippen molar-refractivity contribution in [1.29, 1.82) is 0 Å². The number of hydrogen-bond acceptors (Lipinski definition) is 6. The molecule has 4 aromatic rings. The molecule has 0 amide bonds. The van der Waals surface area contributed by atoms with Crippen molar-refractivity contribution in [3.63, 3.8) is 0 Å². The van der Waals surface area contributed by atoms with Crippen molar-refractivity contribution in [2.75, 3.05) is 7.11 Å². The number of rotatable bonds is 5. The van der Waals surface area contributed by atoms with Gasteiger partial charge in [-0.1, -0.05) is 36.4 Å². The molecule has 0 bridgehead atoms. The van der Waals surface area contributed by atoms with Crippen LogP contribution < -0.4 is 4.74 Å². The van der Waals surface area contributed by atoms with Gasteiger partial charge in [-0.2, -0.15) is 0 Å². The maximum absolute atomic E-state index is 12.7. The van der Waals surface area contributed by atoms with Gasteiger partial charge in [-0.3, -0.25) is 0 Å². The van der Waals surface area contributed by atoms with Crippen LogP contribution in [0, 0.1) is 0 Å². The highest BCUT2D eigenvalue weighted by molar-refractivity contribution is 6.04. The largest absolute Gasteiger partial charge is 0.497 e. The molecule has 28 heavy (non-hydrogen) atoms. The molecule has 0 saturated heterocycles. The fourth-order valence-electron chi connectivity index (χ4n) is 2.93. The Hall–Kier alpha value is -3.67. The summed E-state index contributed by atoms with van der Waals surface area (Å²) in [5, 5.41) is 9.88. The number of esters is 1.